The van der Waals surface area contributed by atoms with Gasteiger partial charge in [0.25, 0.3) is 0 Å². The highest BCUT2D eigenvalue weighted by molar-refractivity contribution is 4.98. The van der Waals surface area contributed by atoms with Crippen LogP contribution in [0.2, 0.25) is 0 Å². The first-order valence-corrected chi connectivity index (χ1v) is 6.58. The lowest BCUT2D eigenvalue weighted by molar-refractivity contribution is 0.0843. The van der Waals surface area contributed by atoms with Crippen LogP contribution >= 0.6 is 0 Å². The van der Waals surface area contributed by atoms with Crippen molar-refractivity contribution in [1.29, 1.82) is 0 Å². The highest BCUT2D eigenvalue weighted by Gasteiger charge is 2.38. The normalized spacial score (nSPS) is 23.8. The minimum atomic E-state index is 0.452. The fourth-order valence-corrected chi connectivity index (χ4v) is 3.63. The molecule has 0 radical (unpaired) electrons. The minimum absolute atomic E-state index is 0.452. The average molecular weight is 235 g/mol. The number of nitrogens with one attached hydrogen (secondary N) is 2. The van der Waals surface area contributed by atoms with E-state index in [-0.39, 0.29) is 0 Å². The fraction of sp³-hybridized carbons (Fsp3) is 0.786. The van der Waals surface area contributed by atoms with Crippen molar-refractivity contribution in [3.63, 3.8) is 0 Å². The summed E-state index contributed by atoms with van der Waals surface area (Å²) in [6.07, 6.45) is 5.67. The molecule has 1 saturated carbocycles. The van der Waals surface area contributed by atoms with Crippen molar-refractivity contribution in [2.24, 2.45) is 10.8 Å². The molecule has 2 N–H and O–H groups in total. The van der Waals surface area contributed by atoms with Crippen LogP contribution in [-0.4, -0.2) is 16.2 Å². The maximum atomic E-state index is 3.98. The summed E-state index contributed by atoms with van der Waals surface area (Å²) in [6.45, 7) is 10.5. The second-order valence-electron chi connectivity index (χ2n) is 7.07. The van der Waals surface area contributed by atoms with Crippen molar-refractivity contribution < 1.29 is 0 Å². The van der Waals surface area contributed by atoms with Crippen LogP contribution in [0, 0.1) is 10.8 Å². The second kappa shape index (κ2) is 4.45. The summed E-state index contributed by atoms with van der Waals surface area (Å²) in [4.78, 5) is 0. The summed E-state index contributed by atoms with van der Waals surface area (Å²) in [6, 6.07) is 2.66. The van der Waals surface area contributed by atoms with Crippen molar-refractivity contribution in [2.75, 3.05) is 0 Å². The molecule has 96 valence electrons. The Labute approximate surface area is 104 Å². The van der Waals surface area contributed by atoms with Crippen molar-refractivity contribution in [2.45, 2.75) is 59.5 Å². The van der Waals surface area contributed by atoms with E-state index in [0.717, 1.165) is 6.54 Å². The van der Waals surface area contributed by atoms with E-state index in [1.165, 1.54) is 25.0 Å². The molecule has 1 aromatic heterocycles. The quantitative estimate of drug-likeness (QED) is 0.845. The van der Waals surface area contributed by atoms with E-state index >= 15 is 0 Å². The molecule has 1 fully saturated rings. The van der Waals surface area contributed by atoms with E-state index in [4.69, 9.17) is 0 Å². The van der Waals surface area contributed by atoms with Crippen LogP contribution in [0.4, 0.5) is 0 Å². The summed E-state index contributed by atoms with van der Waals surface area (Å²) in [5.41, 5.74) is 2.08. The fourth-order valence-electron chi connectivity index (χ4n) is 3.63. The van der Waals surface area contributed by atoms with Crippen molar-refractivity contribution >= 4 is 0 Å². The summed E-state index contributed by atoms with van der Waals surface area (Å²) in [7, 11) is 0. The molecule has 0 spiro atoms. The monoisotopic (exact) mass is 235 g/mol. The molecular weight excluding hydrogens is 210 g/mol. The zero-order chi connectivity index (χ0) is 12.5. The smallest absolute Gasteiger partial charge is 0.0490 e. The molecule has 0 amide bonds. The van der Waals surface area contributed by atoms with Crippen LogP contribution in [0.5, 0.6) is 0 Å². The van der Waals surface area contributed by atoms with Gasteiger partial charge in [-0.3, -0.25) is 5.10 Å². The zero-order valence-electron chi connectivity index (χ0n) is 11.5. The Balaban J connectivity index is 1.92. The van der Waals surface area contributed by atoms with Gasteiger partial charge in [0, 0.05) is 24.5 Å². The Morgan fingerprint density at radius 1 is 1.29 bits per heavy atom. The van der Waals surface area contributed by atoms with Crippen LogP contribution < -0.4 is 5.32 Å². The number of nitrogens with zero attached hydrogens (tertiary/aromatic N) is 1. The molecule has 1 aliphatic rings. The van der Waals surface area contributed by atoms with E-state index in [0.29, 0.717) is 16.9 Å². The summed E-state index contributed by atoms with van der Waals surface area (Å²) >= 11 is 0. The first kappa shape index (κ1) is 12.6. The maximum Gasteiger partial charge on any atom is 0.0490 e. The number of hydrogen-bond donors (Lipinski definition) is 2. The molecule has 0 saturated heterocycles. The van der Waals surface area contributed by atoms with Gasteiger partial charge in [-0.1, -0.05) is 27.7 Å². The molecule has 3 nitrogen and oxygen atoms in total. The molecule has 0 aliphatic heterocycles. The molecule has 3 heteroatoms. The van der Waals surface area contributed by atoms with Crippen molar-refractivity contribution in [3.8, 4) is 0 Å². The lowest BCUT2D eigenvalue weighted by Gasteiger charge is -2.45. The van der Waals surface area contributed by atoms with Gasteiger partial charge in [-0.2, -0.15) is 5.10 Å². The van der Waals surface area contributed by atoms with E-state index in [1.54, 1.807) is 0 Å². The van der Waals surface area contributed by atoms with Gasteiger partial charge < -0.3 is 5.32 Å². The van der Waals surface area contributed by atoms with Gasteiger partial charge in [0.05, 0.1) is 0 Å². The third-order valence-electron chi connectivity index (χ3n) is 3.69. The topological polar surface area (TPSA) is 40.7 Å². The van der Waals surface area contributed by atoms with Crippen LogP contribution in [-0.2, 0) is 6.54 Å². The van der Waals surface area contributed by atoms with E-state index < -0.39 is 0 Å². The first-order valence-electron chi connectivity index (χ1n) is 6.58. The number of H-pyrrole nitrogens is 1. The van der Waals surface area contributed by atoms with Crippen molar-refractivity contribution in [1.82, 2.24) is 15.5 Å². The zero-order valence-corrected chi connectivity index (χ0v) is 11.5. The third-order valence-corrected chi connectivity index (χ3v) is 3.69. The molecule has 1 aromatic rings. The van der Waals surface area contributed by atoms with Crippen LogP contribution in [0.3, 0.4) is 0 Å². The molecular formula is C14H25N3. The lowest BCUT2D eigenvalue weighted by Crippen LogP contribution is -2.43. The van der Waals surface area contributed by atoms with Gasteiger partial charge in [-0.25, -0.2) is 0 Å². The van der Waals surface area contributed by atoms with Crippen LogP contribution in [0.1, 0.15) is 52.7 Å². The summed E-state index contributed by atoms with van der Waals surface area (Å²) in [5.74, 6) is 0. The maximum absolute atomic E-state index is 3.98. The summed E-state index contributed by atoms with van der Waals surface area (Å²) < 4.78 is 0. The Kier molecular flexibility index (Phi) is 3.30. The van der Waals surface area contributed by atoms with Crippen LogP contribution in [0.25, 0.3) is 0 Å². The van der Waals surface area contributed by atoms with E-state index in [2.05, 4.69) is 43.2 Å². The number of hydrogen-bond acceptors (Lipinski definition) is 2. The Hall–Kier alpha value is -0.830. The Morgan fingerprint density at radius 3 is 2.47 bits per heavy atom. The van der Waals surface area contributed by atoms with E-state index in [9.17, 15) is 0 Å². The Bertz CT molecular complexity index is 336. The molecule has 1 aliphatic carbocycles. The molecule has 0 aromatic carbocycles. The lowest BCUT2D eigenvalue weighted by atomic mass is 9.63. The highest BCUT2D eigenvalue weighted by Crippen LogP contribution is 2.45. The van der Waals surface area contributed by atoms with Crippen LogP contribution in [0.15, 0.2) is 12.3 Å². The molecule has 2 rings (SSSR count). The summed E-state index contributed by atoms with van der Waals surface area (Å²) in [5, 5.41) is 10.6. The first-order chi connectivity index (χ1) is 7.86. The number of aromatic nitrogens is 2. The Morgan fingerprint density at radius 2 is 1.94 bits per heavy atom. The van der Waals surface area contributed by atoms with Gasteiger partial charge in [-0.05, 0) is 36.2 Å². The van der Waals surface area contributed by atoms with Gasteiger partial charge in [0.1, 0.15) is 0 Å². The second-order valence-corrected chi connectivity index (χ2v) is 7.07. The average Bonchev–Trinajstić information content (AvgIpc) is 2.61. The molecule has 0 unspecified atom stereocenters. The molecule has 17 heavy (non-hydrogen) atoms. The predicted molar refractivity (Wildman–Crippen MR) is 70.6 cm³/mol. The number of rotatable bonds is 3. The van der Waals surface area contributed by atoms with Gasteiger partial charge in [0.15, 0.2) is 0 Å². The largest absolute Gasteiger partial charge is 0.308 e. The van der Waals surface area contributed by atoms with E-state index in [1.807, 2.05) is 12.3 Å². The SMILES string of the molecule is CC1(C)CC(NCc2ccn[nH]2)CC(C)(C)C1. The molecule has 1 heterocycles. The standard InChI is InChI=1S/C14H25N3/c1-13(2)7-12(8-14(3,4)10-13)15-9-11-5-6-16-17-11/h5-6,12,15H,7-10H2,1-4H3,(H,16,17). The van der Waals surface area contributed by atoms with Gasteiger partial charge in [-0.15, -0.1) is 0 Å². The molecule has 0 atom stereocenters. The number of aromatic amines is 1. The van der Waals surface area contributed by atoms with Crippen molar-refractivity contribution in [3.05, 3.63) is 18.0 Å². The molecule has 0 bridgehead atoms. The minimum Gasteiger partial charge on any atom is -0.308 e. The van der Waals surface area contributed by atoms with Gasteiger partial charge in [0.2, 0.25) is 0 Å². The van der Waals surface area contributed by atoms with Gasteiger partial charge >= 0.3 is 0 Å². The predicted octanol–water partition coefficient (Wildman–Crippen LogP) is 3.10. The highest BCUT2D eigenvalue weighted by atomic mass is 15.1. The third kappa shape index (κ3) is 3.56.